The number of nitrogens with one attached hydrogen (secondary N) is 1. The van der Waals surface area contributed by atoms with Crippen molar-refractivity contribution < 1.29 is 18.8 Å². The second kappa shape index (κ2) is 6.38. The van der Waals surface area contributed by atoms with Gasteiger partial charge in [0.15, 0.2) is 11.5 Å². The molecule has 1 amide bonds. The third-order valence-corrected chi connectivity index (χ3v) is 4.96. The summed E-state index contributed by atoms with van der Waals surface area (Å²) in [6.07, 6.45) is 4.91. The summed E-state index contributed by atoms with van der Waals surface area (Å²) < 4.78 is 21.5. The topological polar surface area (TPSA) is 93.9 Å². The van der Waals surface area contributed by atoms with Gasteiger partial charge in [0.1, 0.15) is 18.0 Å². The van der Waals surface area contributed by atoms with Crippen LogP contribution < -0.4 is 15.1 Å². The molecule has 2 aliphatic rings. The Labute approximate surface area is 165 Å². The van der Waals surface area contributed by atoms with Gasteiger partial charge >= 0.3 is 0 Å². The lowest BCUT2D eigenvalue weighted by molar-refractivity contribution is 0.0879. The van der Waals surface area contributed by atoms with Crippen molar-refractivity contribution in [2.24, 2.45) is 0 Å². The average molecular weight is 398 g/mol. The summed E-state index contributed by atoms with van der Waals surface area (Å²) >= 11 is 0. The molecule has 3 aromatic rings. The zero-order valence-electron chi connectivity index (χ0n) is 15.9. The van der Waals surface area contributed by atoms with E-state index in [1.54, 1.807) is 17.3 Å². The number of aromatic nitrogens is 4. The van der Waals surface area contributed by atoms with Crippen LogP contribution in [0, 0.1) is 5.82 Å². The first-order valence-electron chi connectivity index (χ1n) is 9.29. The van der Waals surface area contributed by atoms with Crippen LogP contribution in [-0.2, 0) is 4.84 Å². The molecule has 5 rings (SSSR count). The van der Waals surface area contributed by atoms with Crippen LogP contribution in [0.15, 0.2) is 30.7 Å². The largest absolute Gasteiger partial charge is 0.475 e. The fourth-order valence-corrected chi connectivity index (χ4v) is 3.58. The highest BCUT2D eigenvalue weighted by atomic mass is 19.1. The van der Waals surface area contributed by atoms with Gasteiger partial charge in [0, 0.05) is 24.2 Å². The fraction of sp³-hybridized carbons (Fsp3) is 0.368. The summed E-state index contributed by atoms with van der Waals surface area (Å²) in [7, 11) is 0. The van der Waals surface area contributed by atoms with Crippen molar-refractivity contribution in [1.29, 1.82) is 0 Å². The van der Waals surface area contributed by atoms with Crippen LogP contribution >= 0.6 is 0 Å². The Kier molecular flexibility index (Phi) is 3.91. The molecule has 0 aromatic carbocycles. The summed E-state index contributed by atoms with van der Waals surface area (Å²) in [5.74, 6) is 0.0158. The van der Waals surface area contributed by atoms with Crippen LogP contribution in [0.2, 0.25) is 0 Å². The number of nitrogens with zero attached hydrogens (tertiary/aromatic N) is 5. The number of halogens is 1. The maximum atomic E-state index is 14.0. The van der Waals surface area contributed by atoms with Gasteiger partial charge < -0.3 is 10.1 Å². The number of rotatable bonds is 0. The Morgan fingerprint density at radius 1 is 1.34 bits per heavy atom. The lowest BCUT2D eigenvalue weighted by Gasteiger charge is -2.27. The van der Waals surface area contributed by atoms with E-state index in [4.69, 9.17) is 9.57 Å². The van der Waals surface area contributed by atoms with Gasteiger partial charge in [0.25, 0.3) is 5.91 Å². The SMILES string of the molecule is CC1(C)COc2ncc(F)cc2[C@H]2CCON2c2ccn3ncc(c3n2)C(=O)N1. The van der Waals surface area contributed by atoms with Gasteiger partial charge in [-0.15, -0.1) is 0 Å². The molecule has 5 heterocycles. The first-order valence-corrected chi connectivity index (χ1v) is 9.29. The van der Waals surface area contributed by atoms with Gasteiger partial charge in [-0.2, -0.15) is 5.10 Å². The lowest BCUT2D eigenvalue weighted by atomic mass is 10.0. The number of carbonyl (C=O) groups is 1. The van der Waals surface area contributed by atoms with E-state index in [1.165, 1.54) is 16.8 Å². The zero-order valence-corrected chi connectivity index (χ0v) is 15.9. The number of carbonyl (C=O) groups excluding carboxylic acids is 1. The first kappa shape index (κ1) is 17.8. The Balaban J connectivity index is 1.70. The highest BCUT2D eigenvalue weighted by molar-refractivity contribution is 6.00. The van der Waals surface area contributed by atoms with Crippen LogP contribution in [0.25, 0.3) is 5.65 Å². The molecule has 0 radical (unpaired) electrons. The van der Waals surface area contributed by atoms with Gasteiger partial charge in [-0.05, 0) is 19.9 Å². The first-order chi connectivity index (χ1) is 13.9. The van der Waals surface area contributed by atoms with E-state index in [0.29, 0.717) is 41.5 Å². The predicted molar refractivity (Wildman–Crippen MR) is 100 cm³/mol. The summed E-state index contributed by atoms with van der Waals surface area (Å²) in [6, 6.07) is 2.81. The molecule has 9 nitrogen and oxygen atoms in total. The van der Waals surface area contributed by atoms with Crippen LogP contribution in [0.3, 0.4) is 0 Å². The van der Waals surface area contributed by atoms with Crippen molar-refractivity contribution >= 4 is 17.4 Å². The van der Waals surface area contributed by atoms with E-state index in [1.807, 2.05) is 13.8 Å². The molecule has 10 heteroatoms. The normalized spacial score (nSPS) is 20.9. The molecule has 1 fully saturated rings. The molecule has 1 N–H and O–H groups in total. The second-order valence-electron chi connectivity index (χ2n) is 7.75. The van der Waals surface area contributed by atoms with Crippen LogP contribution in [-0.4, -0.2) is 44.2 Å². The smallest absolute Gasteiger partial charge is 0.257 e. The predicted octanol–water partition coefficient (Wildman–Crippen LogP) is 2.05. The molecule has 0 unspecified atom stereocenters. The van der Waals surface area contributed by atoms with Gasteiger partial charge in [-0.1, -0.05) is 0 Å². The van der Waals surface area contributed by atoms with Gasteiger partial charge in [0.2, 0.25) is 5.88 Å². The molecule has 0 saturated carbocycles. The molecule has 1 atom stereocenters. The fourth-order valence-electron chi connectivity index (χ4n) is 3.58. The highest BCUT2D eigenvalue weighted by Crippen LogP contribution is 2.38. The van der Waals surface area contributed by atoms with Gasteiger partial charge in [-0.25, -0.2) is 23.9 Å². The Bertz CT molecular complexity index is 1110. The molecule has 2 bridgehead atoms. The molecule has 2 aliphatic heterocycles. The molecule has 150 valence electrons. The molecular formula is C19H19FN6O3. The van der Waals surface area contributed by atoms with Crippen molar-refractivity contribution in [1.82, 2.24) is 24.9 Å². The summed E-state index contributed by atoms with van der Waals surface area (Å²) in [4.78, 5) is 27.4. The Hall–Kier alpha value is -3.27. The van der Waals surface area contributed by atoms with E-state index in [2.05, 4.69) is 20.4 Å². The average Bonchev–Trinajstić information content (AvgIpc) is 3.32. The van der Waals surface area contributed by atoms with Crippen LogP contribution in [0.4, 0.5) is 10.2 Å². The Morgan fingerprint density at radius 3 is 3.07 bits per heavy atom. The minimum Gasteiger partial charge on any atom is -0.475 e. The number of amides is 1. The number of hydrogen-bond donors (Lipinski definition) is 1. The Morgan fingerprint density at radius 2 is 2.21 bits per heavy atom. The molecular weight excluding hydrogens is 379 g/mol. The molecule has 3 aromatic heterocycles. The highest BCUT2D eigenvalue weighted by Gasteiger charge is 2.34. The van der Waals surface area contributed by atoms with E-state index in [0.717, 1.165) is 6.20 Å². The van der Waals surface area contributed by atoms with Gasteiger partial charge in [-0.3, -0.25) is 9.63 Å². The molecule has 1 saturated heterocycles. The summed E-state index contributed by atoms with van der Waals surface area (Å²) in [6.45, 7) is 4.26. The molecule has 0 aliphatic carbocycles. The van der Waals surface area contributed by atoms with Crippen LogP contribution in [0.5, 0.6) is 5.88 Å². The number of pyridine rings is 1. The van der Waals surface area contributed by atoms with E-state index in [-0.39, 0.29) is 18.6 Å². The number of fused-ring (bicyclic) bond motifs is 5. The molecule has 0 spiro atoms. The van der Waals surface area contributed by atoms with Crippen molar-refractivity contribution in [2.45, 2.75) is 31.8 Å². The third kappa shape index (κ3) is 3.05. The van der Waals surface area contributed by atoms with Crippen molar-refractivity contribution in [3.63, 3.8) is 0 Å². The van der Waals surface area contributed by atoms with Crippen molar-refractivity contribution in [2.75, 3.05) is 18.3 Å². The minimum absolute atomic E-state index is 0.146. The maximum Gasteiger partial charge on any atom is 0.257 e. The van der Waals surface area contributed by atoms with Crippen molar-refractivity contribution in [3.05, 3.63) is 47.7 Å². The third-order valence-electron chi connectivity index (χ3n) is 4.96. The maximum absolute atomic E-state index is 14.0. The number of hydrogen-bond acceptors (Lipinski definition) is 7. The number of ether oxygens (including phenoxy) is 1. The summed E-state index contributed by atoms with van der Waals surface area (Å²) in [5, 5.41) is 8.76. The number of anilines is 1. The second-order valence-corrected chi connectivity index (χ2v) is 7.75. The van der Waals surface area contributed by atoms with E-state index >= 15 is 0 Å². The summed E-state index contributed by atoms with van der Waals surface area (Å²) in [5.41, 5.74) is 0.606. The van der Waals surface area contributed by atoms with Crippen LogP contribution in [0.1, 0.15) is 42.2 Å². The minimum atomic E-state index is -0.712. The molecule has 29 heavy (non-hydrogen) atoms. The van der Waals surface area contributed by atoms with Gasteiger partial charge in [0.05, 0.1) is 30.6 Å². The monoisotopic (exact) mass is 398 g/mol. The lowest BCUT2D eigenvalue weighted by Crippen LogP contribution is -2.48. The standard InChI is InChI=1S/C19H19FN6O3/c1-19(2)10-28-18-12(7-11(20)8-21-18)14-4-6-29-26(14)15-3-5-25-16(23-15)13(9-22-25)17(27)24-19/h3,5,7-9,14H,4,6,10H2,1-2H3,(H,24,27)/t14-/m1/s1. The number of hydroxylamine groups is 1. The van der Waals surface area contributed by atoms with Crippen molar-refractivity contribution in [3.8, 4) is 5.88 Å². The van der Waals surface area contributed by atoms with E-state index < -0.39 is 11.4 Å². The van der Waals surface area contributed by atoms with E-state index in [9.17, 15) is 9.18 Å². The zero-order chi connectivity index (χ0) is 20.2. The quantitative estimate of drug-likeness (QED) is 0.619.